The van der Waals surface area contributed by atoms with E-state index < -0.39 is 6.10 Å². The topological polar surface area (TPSA) is 42.0 Å². The highest BCUT2D eigenvalue weighted by molar-refractivity contribution is 5.78. The van der Waals surface area contributed by atoms with Crippen LogP contribution in [0, 0.1) is 5.92 Å². The van der Waals surface area contributed by atoms with E-state index in [0.717, 1.165) is 40.8 Å². The number of fused-ring (bicyclic) bond motifs is 1. The van der Waals surface area contributed by atoms with Crippen LogP contribution in [0.4, 0.5) is 0 Å². The van der Waals surface area contributed by atoms with Crippen molar-refractivity contribution in [3.05, 3.63) is 71.9 Å². The van der Waals surface area contributed by atoms with Crippen molar-refractivity contribution in [3.8, 4) is 5.75 Å². The van der Waals surface area contributed by atoms with Crippen molar-refractivity contribution in [1.82, 2.24) is 4.98 Å². The van der Waals surface area contributed by atoms with Gasteiger partial charge in [0, 0.05) is 5.39 Å². The Balaban J connectivity index is 1.38. The Morgan fingerprint density at radius 2 is 1.69 bits per heavy atom. The van der Waals surface area contributed by atoms with Gasteiger partial charge < -0.3 is 4.74 Å². The molecule has 3 aromatic rings. The molecule has 1 saturated carbocycles. The molecule has 1 heterocycles. The molecule has 1 unspecified atom stereocenters. The lowest BCUT2D eigenvalue weighted by Gasteiger charge is -2.25. The minimum atomic E-state index is -0.605. The summed E-state index contributed by atoms with van der Waals surface area (Å²) in [6, 6.07) is 19.8. The summed E-state index contributed by atoms with van der Waals surface area (Å²) in [4.78, 5) is 4.62. The van der Waals surface area contributed by atoms with Crippen LogP contribution in [0.1, 0.15) is 49.5 Å². The maximum absolute atomic E-state index is 12.6. The second-order valence-corrected chi connectivity index (χ2v) is 7.17. The highest BCUT2D eigenvalue weighted by atomic mass is 16.5. The summed E-state index contributed by atoms with van der Waals surface area (Å²) < 4.78 is 5.86. The van der Waals surface area contributed by atoms with Crippen LogP contribution in [0.2, 0.25) is 0 Å². The lowest BCUT2D eigenvalue weighted by Crippen LogP contribution is -2.14. The molecule has 3 nitrogen and oxygen atoms in total. The summed E-state index contributed by atoms with van der Waals surface area (Å²) in [5.74, 6) is 1.07. The summed E-state index contributed by atoms with van der Waals surface area (Å²) in [5.41, 5.74) is 2.76. The zero-order valence-electron chi connectivity index (χ0n) is 14.9. The molecule has 26 heavy (non-hydrogen) atoms. The number of nitrogens with zero attached hydrogens (tertiary/aromatic N) is 1. The molecule has 3 heteroatoms. The van der Waals surface area contributed by atoms with Gasteiger partial charge in [-0.25, -0.2) is 10.1 Å². The van der Waals surface area contributed by atoms with Crippen LogP contribution in [0.3, 0.4) is 0 Å². The van der Waals surface area contributed by atoms with Crippen LogP contribution in [-0.4, -0.2) is 4.98 Å². The molecule has 0 bridgehead atoms. The lowest BCUT2D eigenvalue weighted by molar-refractivity contribution is 0.0198. The van der Waals surface area contributed by atoms with E-state index in [1.54, 1.807) is 0 Å². The number of hydrogen-bond acceptors (Lipinski definition) is 2. The van der Waals surface area contributed by atoms with Crippen molar-refractivity contribution < 1.29 is 9.84 Å². The van der Waals surface area contributed by atoms with Crippen LogP contribution in [0.5, 0.6) is 5.75 Å². The van der Waals surface area contributed by atoms with Gasteiger partial charge in [-0.3, -0.25) is 0 Å². The number of benzene rings is 2. The molecule has 1 aromatic heterocycles. The molecule has 0 N–H and O–H groups in total. The Hall–Kier alpha value is -2.39. The van der Waals surface area contributed by atoms with E-state index in [1.165, 1.54) is 19.3 Å². The minimum Gasteiger partial charge on any atom is -0.487 e. The summed E-state index contributed by atoms with van der Waals surface area (Å²) in [6.45, 7) is 0.424. The smallest absolute Gasteiger partial charge is 0.130 e. The normalized spacial score (nSPS) is 16.5. The van der Waals surface area contributed by atoms with Gasteiger partial charge in [-0.15, -0.1) is 0 Å². The van der Waals surface area contributed by atoms with E-state index in [2.05, 4.69) is 17.1 Å². The first-order valence-corrected chi connectivity index (χ1v) is 9.53. The van der Waals surface area contributed by atoms with Crippen molar-refractivity contribution in [3.63, 3.8) is 0 Å². The predicted molar refractivity (Wildman–Crippen MR) is 103 cm³/mol. The zero-order valence-corrected chi connectivity index (χ0v) is 14.9. The molecular formula is C23H24NO2. The number of pyridine rings is 1. The molecule has 1 atom stereocenters. The Labute approximate surface area is 154 Å². The average molecular weight is 346 g/mol. The Bertz CT molecular complexity index is 853. The highest BCUT2D eigenvalue weighted by Crippen LogP contribution is 2.35. The lowest BCUT2D eigenvalue weighted by atomic mass is 9.83. The molecular weight excluding hydrogens is 322 g/mol. The summed E-state index contributed by atoms with van der Waals surface area (Å²) in [6.07, 6.45) is 5.21. The first kappa shape index (κ1) is 17.0. The molecule has 1 fully saturated rings. The first-order valence-electron chi connectivity index (χ1n) is 9.53. The molecule has 4 rings (SSSR count). The average Bonchev–Trinajstić information content (AvgIpc) is 2.72. The van der Waals surface area contributed by atoms with Gasteiger partial charge in [0.05, 0.1) is 11.2 Å². The van der Waals surface area contributed by atoms with Crippen molar-refractivity contribution in [2.75, 3.05) is 0 Å². The fourth-order valence-electron chi connectivity index (χ4n) is 3.81. The Morgan fingerprint density at radius 1 is 0.923 bits per heavy atom. The zero-order chi connectivity index (χ0) is 17.8. The third kappa shape index (κ3) is 3.88. The number of rotatable bonds is 5. The summed E-state index contributed by atoms with van der Waals surface area (Å²) in [5, 5.41) is 13.8. The van der Waals surface area contributed by atoms with Crippen LogP contribution >= 0.6 is 0 Å². The van der Waals surface area contributed by atoms with Crippen LogP contribution < -0.4 is 4.74 Å². The van der Waals surface area contributed by atoms with Gasteiger partial charge in [0.25, 0.3) is 0 Å². The van der Waals surface area contributed by atoms with E-state index in [1.807, 2.05) is 48.5 Å². The van der Waals surface area contributed by atoms with Gasteiger partial charge in [-0.05, 0) is 48.6 Å². The van der Waals surface area contributed by atoms with Crippen LogP contribution in [0.15, 0.2) is 60.7 Å². The number of ether oxygens (including phenoxy) is 1. The van der Waals surface area contributed by atoms with Crippen LogP contribution in [-0.2, 0) is 11.7 Å². The standard InChI is InChI=1S/C23H24NO2/c25-23(18-7-2-1-3-8-18)19-11-14-21(15-12-19)26-16-20-13-10-17-6-4-5-9-22(17)24-20/h4-6,9-15,18,23H,1-3,7-8,16H2. The second-order valence-electron chi connectivity index (χ2n) is 7.17. The molecule has 133 valence electrons. The maximum atomic E-state index is 12.6. The maximum Gasteiger partial charge on any atom is 0.130 e. The fourth-order valence-corrected chi connectivity index (χ4v) is 3.81. The number of hydrogen-bond donors (Lipinski definition) is 0. The van der Waals surface area contributed by atoms with Gasteiger partial charge >= 0.3 is 0 Å². The van der Waals surface area contributed by atoms with E-state index in [0.29, 0.717) is 6.61 Å². The molecule has 2 aromatic carbocycles. The number of para-hydroxylation sites is 1. The Morgan fingerprint density at radius 3 is 2.50 bits per heavy atom. The molecule has 1 aliphatic rings. The highest BCUT2D eigenvalue weighted by Gasteiger charge is 2.24. The molecule has 0 spiro atoms. The summed E-state index contributed by atoms with van der Waals surface area (Å²) >= 11 is 0. The van der Waals surface area contributed by atoms with Gasteiger partial charge in [-0.1, -0.05) is 55.7 Å². The first-order chi connectivity index (χ1) is 12.8. The third-order valence-electron chi connectivity index (χ3n) is 5.33. The van der Waals surface area contributed by atoms with Crippen molar-refractivity contribution in [2.45, 2.75) is 44.8 Å². The van der Waals surface area contributed by atoms with Crippen molar-refractivity contribution >= 4 is 10.9 Å². The predicted octanol–water partition coefficient (Wildman–Crippen LogP) is 5.87. The largest absolute Gasteiger partial charge is 0.487 e. The molecule has 1 radical (unpaired) electrons. The van der Waals surface area contributed by atoms with E-state index >= 15 is 0 Å². The second kappa shape index (κ2) is 7.88. The van der Waals surface area contributed by atoms with Gasteiger partial charge in [0.15, 0.2) is 0 Å². The SMILES string of the molecule is [O]C(c1ccc(OCc2ccc3ccccc3n2)cc1)C1CCCCC1. The van der Waals surface area contributed by atoms with Crippen LogP contribution in [0.25, 0.3) is 10.9 Å². The van der Waals surface area contributed by atoms with Crippen molar-refractivity contribution in [2.24, 2.45) is 5.92 Å². The Kier molecular flexibility index (Phi) is 5.16. The van der Waals surface area contributed by atoms with Gasteiger partial charge in [-0.2, -0.15) is 0 Å². The summed E-state index contributed by atoms with van der Waals surface area (Å²) in [7, 11) is 0. The third-order valence-corrected chi connectivity index (χ3v) is 5.33. The monoisotopic (exact) mass is 346 g/mol. The van der Waals surface area contributed by atoms with E-state index in [9.17, 15) is 5.11 Å². The number of aromatic nitrogens is 1. The van der Waals surface area contributed by atoms with Gasteiger partial charge in [0.1, 0.15) is 18.5 Å². The van der Waals surface area contributed by atoms with Gasteiger partial charge in [0.2, 0.25) is 0 Å². The molecule has 0 aliphatic heterocycles. The molecule has 1 aliphatic carbocycles. The van der Waals surface area contributed by atoms with E-state index in [-0.39, 0.29) is 5.92 Å². The fraction of sp³-hybridized carbons (Fsp3) is 0.348. The minimum absolute atomic E-state index is 0.289. The van der Waals surface area contributed by atoms with Crippen molar-refractivity contribution in [1.29, 1.82) is 0 Å². The molecule has 0 saturated heterocycles. The quantitative estimate of drug-likeness (QED) is 0.580. The molecule has 0 amide bonds. The van der Waals surface area contributed by atoms with E-state index in [4.69, 9.17) is 4.74 Å².